The third-order valence-corrected chi connectivity index (χ3v) is 7.16. The number of anilines is 3. The fourth-order valence-electron chi connectivity index (χ4n) is 5.18. The number of aryl methyl sites for hydroxylation is 1. The predicted molar refractivity (Wildman–Crippen MR) is 131 cm³/mol. The summed E-state index contributed by atoms with van der Waals surface area (Å²) in [5.74, 6) is 0. The molecular formula is C26H21N4P. The minimum Gasteiger partial charge on any atom is -0.356 e. The summed E-state index contributed by atoms with van der Waals surface area (Å²) in [6.07, 6.45) is 12.9. The Labute approximate surface area is 183 Å². The standard InChI is InChI=1S/C26H21N4P/c31-22-13-3-6-15-14-30-25-16(22)7-4-8-17(25)23-24(18-9-5-12-21(27-15)26(18)30)29-20-11-2-1-10-19(20)28-23/h2-9,11-13,22,27H,1,10,14,31H2/b13-3-,15-6+. The van der Waals surface area contributed by atoms with Crippen molar-refractivity contribution in [3.8, 4) is 22.5 Å². The molecule has 4 aliphatic rings. The molecule has 0 amide bonds. The maximum absolute atomic E-state index is 5.23. The molecule has 1 N–H and O–H groups in total. The number of aromatic nitrogens is 2. The van der Waals surface area contributed by atoms with Crippen molar-refractivity contribution in [1.29, 1.82) is 0 Å². The minimum absolute atomic E-state index is 0.219. The van der Waals surface area contributed by atoms with Crippen LogP contribution in [0.15, 0.2) is 66.4 Å². The van der Waals surface area contributed by atoms with Crippen molar-refractivity contribution in [2.45, 2.75) is 18.5 Å². The van der Waals surface area contributed by atoms with Gasteiger partial charge >= 0.3 is 0 Å². The van der Waals surface area contributed by atoms with Crippen LogP contribution in [0.1, 0.15) is 29.0 Å². The Morgan fingerprint density at radius 2 is 1.84 bits per heavy atom. The maximum atomic E-state index is 5.23. The molecule has 3 aliphatic heterocycles. The van der Waals surface area contributed by atoms with E-state index < -0.39 is 0 Å². The molecule has 0 radical (unpaired) electrons. The summed E-state index contributed by atoms with van der Waals surface area (Å²) < 4.78 is 0. The maximum Gasteiger partial charge on any atom is 0.0995 e. The van der Waals surface area contributed by atoms with E-state index in [1.54, 1.807) is 0 Å². The lowest BCUT2D eigenvalue weighted by molar-refractivity contribution is 0.908. The molecule has 0 saturated carbocycles. The quantitative estimate of drug-likeness (QED) is 0.452. The van der Waals surface area contributed by atoms with Gasteiger partial charge in [-0.05, 0) is 36.6 Å². The number of fused-ring (bicyclic) bond motifs is 5. The monoisotopic (exact) mass is 420 g/mol. The number of nitrogens with zero attached hydrogens (tertiary/aromatic N) is 3. The highest BCUT2D eigenvalue weighted by Gasteiger charge is 2.34. The molecule has 4 heterocycles. The number of benzene rings is 2. The van der Waals surface area contributed by atoms with Gasteiger partial charge in [-0.3, -0.25) is 0 Å². The van der Waals surface area contributed by atoms with Crippen molar-refractivity contribution in [3.63, 3.8) is 0 Å². The number of para-hydroxylation sites is 2. The third-order valence-electron chi connectivity index (χ3n) is 6.57. The molecule has 7 rings (SSSR count). The van der Waals surface area contributed by atoms with Gasteiger partial charge in [-0.15, -0.1) is 9.24 Å². The lowest BCUT2D eigenvalue weighted by Gasteiger charge is -2.36. The highest BCUT2D eigenvalue weighted by Crippen LogP contribution is 2.54. The van der Waals surface area contributed by atoms with Crippen LogP contribution in [-0.4, -0.2) is 16.5 Å². The lowest BCUT2D eigenvalue weighted by Crippen LogP contribution is -2.29. The molecule has 2 aromatic carbocycles. The molecular weight excluding hydrogens is 399 g/mol. The van der Waals surface area contributed by atoms with Crippen LogP contribution >= 0.6 is 9.24 Å². The second-order valence-corrected chi connectivity index (χ2v) is 9.17. The van der Waals surface area contributed by atoms with Gasteiger partial charge in [-0.25, -0.2) is 9.97 Å². The smallest absolute Gasteiger partial charge is 0.0995 e. The molecule has 2 unspecified atom stereocenters. The zero-order valence-electron chi connectivity index (χ0n) is 17.0. The Balaban J connectivity index is 1.66. The van der Waals surface area contributed by atoms with E-state index in [1.807, 2.05) is 0 Å². The van der Waals surface area contributed by atoms with Gasteiger partial charge in [0.1, 0.15) is 0 Å². The molecule has 5 heteroatoms. The Hall–Kier alpha value is -3.23. The number of nitrogens with one attached hydrogen (secondary N) is 1. The van der Waals surface area contributed by atoms with Gasteiger partial charge in [0.15, 0.2) is 0 Å². The predicted octanol–water partition coefficient (Wildman–Crippen LogP) is 6.02. The summed E-state index contributed by atoms with van der Waals surface area (Å²) in [5, 5.41) is 3.66. The van der Waals surface area contributed by atoms with E-state index in [-0.39, 0.29) is 5.66 Å². The van der Waals surface area contributed by atoms with Gasteiger partial charge < -0.3 is 10.2 Å². The number of hydrogen-bond donors (Lipinski definition) is 1. The molecule has 1 aliphatic carbocycles. The SMILES string of the molecule is PC1/C=C\C=C2/CN3c4c(cccc4-c4nc5c(nc4-c4cccc1c43)CCC=C5)N2. The van der Waals surface area contributed by atoms with Crippen molar-refractivity contribution < 1.29 is 0 Å². The van der Waals surface area contributed by atoms with Crippen LogP contribution in [0.3, 0.4) is 0 Å². The van der Waals surface area contributed by atoms with Crippen LogP contribution in [0.5, 0.6) is 0 Å². The molecule has 3 aromatic rings. The Morgan fingerprint density at radius 3 is 2.77 bits per heavy atom. The molecule has 0 fully saturated rings. The van der Waals surface area contributed by atoms with Crippen molar-refractivity contribution >= 4 is 32.4 Å². The van der Waals surface area contributed by atoms with Crippen LogP contribution < -0.4 is 10.2 Å². The van der Waals surface area contributed by atoms with Crippen LogP contribution in [0.4, 0.5) is 17.1 Å². The molecule has 0 spiro atoms. The number of hydrogen-bond acceptors (Lipinski definition) is 4. The molecule has 31 heavy (non-hydrogen) atoms. The normalized spacial score (nSPS) is 21.9. The summed E-state index contributed by atoms with van der Waals surface area (Å²) in [6.45, 7) is 0.795. The average Bonchev–Trinajstić information content (AvgIpc) is 2.88. The second-order valence-electron chi connectivity index (χ2n) is 8.45. The van der Waals surface area contributed by atoms with E-state index in [0.29, 0.717) is 0 Å². The molecule has 1 aromatic heterocycles. The van der Waals surface area contributed by atoms with E-state index in [2.05, 4.69) is 86.2 Å². The second kappa shape index (κ2) is 6.38. The fourth-order valence-corrected chi connectivity index (χ4v) is 5.58. The van der Waals surface area contributed by atoms with Crippen molar-refractivity contribution in [2.24, 2.45) is 0 Å². The summed E-state index contributed by atoms with van der Waals surface area (Å²) in [6, 6.07) is 13.1. The van der Waals surface area contributed by atoms with Crippen molar-refractivity contribution in [1.82, 2.24) is 9.97 Å². The van der Waals surface area contributed by atoms with E-state index in [0.717, 1.165) is 53.4 Å². The van der Waals surface area contributed by atoms with Crippen molar-refractivity contribution in [3.05, 3.63) is 83.4 Å². The van der Waals surface area contributed by atoms with Crippen LogP contribution in [0.25, 0.3) is 28.6 Å². The summed E-state index contributed by atoms with van der Waals surface area (Å²) in [5.41, 5.74) is 12.7. The summed E-state index contributed by atoms with van der Waals surface area (Å²) >= 11 is 0. The van der Waals surface area contributed by atoms with Gasteiger partial charge in [0.25, 0.3) is 0 Å². The summed E-state index contributed by atoms with van der Waals surface area (Å²) in [4.78, 5) is 12.9. The highest BCUT2D eigenvalue weighted by molar-refractivity contribution is 7.17. The molecule has 4 nitrogen and oxygen atoms in total. The van der Waals surface area contributed by atoms with Crippen LogP contribution in [0, 0.1) is 0 Å². The van der Waals surface area contributed by atoms with E-state index in [9.17, 15) is 0 Å². The number of rotatable bonds is 0. The topological polar surface area (TPSA) is 41.1 Å². The fraction of sp³-hybridized carbons (Fsp3) is 0.154. The first-order chi connectivity index (χ1) is 15.3. The average molecular weight is 420 g/mol. The third kappa shape index (κ3) is 2.46. The van der Waals surface area contributed by atoms with Gasteiger partial charge in [-0.1, -0.05) is 48.6 Å². The zero-order chi connectivity index (χ0) is 20.5. The van der Waals surface area contributed by atoms with E-state index in [1.165, 1.54) is 28.2 Å². The Morgan fingerprint density at radius 1 is 1.00 bits per heavy atom. The van der Waals surface area contributed by atoms with Crippen LogP contribution in [0.2, 0.25) is 0 Å². The minimum atomic E-state index is 0.219. The molecule has 150 valence electrons. The van der Waals surface area contributed by atoms with Crippen molar-refractivity contribution in [2.75, 3.05) is 16.8 Å². The molecule has 2 atom stereocenters. The first-order valence-electron chi connectivity index (χ1n) is 10.8. The molecule has 2 bridgehead atoms. The van der Waals surface area contributed by atoms with Gasteiger partial charge in [0, 0.05) is 22.5 Å². The first kappa shape index (κ1) is 17.5. The van der Waals surface area contributed by atoms with E-state index in [4.69, 9.17) is 9.97 Å². The zero-order valence-corrected chi connectivity index (χ0v) is 18.1. The van der Waals surface area contributed by atoms with Gasteiger partial charge in [0.05, 0.1) is 46.4 Å². The van der Waals surface area contributed by atoms with E-state index >= 15 is 0 Å². The number of allylic oxidation sites excluding steroid dienone is 4. The lowest BCUT2D eigenvalue weighted by atomic mass is 9.98. The van der Waals surface area contributed by atoms with Gasteiger partial charge in [-0.2, -0.15) is 0 Å². The Bertz CT molecular complexity index is 1370. The molecule has 0 saturated heterocycles. The largest absolute Gasteiger partial charge is 0.356 e. The Kier molecular flexibility index (Phi) is 3.59. The van der Waals surface area contributed by atoms with Gasteiger partial charge in [0.2, 0.25) is 0 Å². The first-order valence-corrected chi connectivity index (χ1v) is 11.5. The highest BCUT2D eigenvalue weighted by atomic mass is 31.0. The summed E-state index contributed by atoms with van der Waals surface area (Å²) in [7, 11) is 3.00. The van der Waals surface area contributed by atoms with Crippen LogP contribution in [-0.2, 0) is 6.42 Å².